The van der Waals surface area contributed by atoms with Gasteiger partial charge >= 0.3 is 0 Å². The van der Waals surface area contributed by atoms with Crippen LogP contribution >= 0.6 is 0 Å². The first-order valence-corrected chi connectivity index (χ1v) is 5.45. The molecule has 88 valence electrons. The average molecular weight is 222 g/mol. The highest BCUT2D eigenvalue weighted by Gasteiger charge is 2.09. The maximum absolute atomic E-state index is 11.8. The standard InChI is InChI=1S/C12H18N2O2/c1-9(5-7-15)8-14-12(16)11-4-3-6-13-10(11)2/h3-4,6,9,15H,5,7-8H2,1-2H3,(H,14,16). The van der Waals surface area contributed by atoms with Gasteiger partial charge < -0.3 is 10.4 Å². The van der Waals surface area contributed by atoms with Crippen LogP contribution in [-0.2, 0) is 0 Å². The van der Waals surface area contributed by atoms with Crippen LogP contribution in [0.4, 0.5) is 0 Å². The molecule has 0 fully saturated rings. The minimum absolute atomic E-state index is 0.101. The zero-order valence-electron chi connectivity index (χ0n) is 9.73. The molecule has 1 aromatic rings. The first kappa shape index (κ1) is 12.6. The fraction of sp³-hybridized carbons (Fsp3) is 0.500. The second-order valence-corrected chi connectivity index (χ2v) is 3.96. The van der Waals surface area contributed by atoms with Gasteiger partial charge in [0, 0.05) is 25.0 Å². The number of amides is 1. The zero-order chi connectivity index (χ0) is 12.0. The van der Waals surface area contributed by atoms with Gasteiger partial charge in [-0.2, -0.15) is 0 Å². The third-order valence-corrected chi connectivity index (χ3v) is 2.48. The second kappa shape index (κ2) is 6.23. The largest absolute Gasteiger partial charge is 0.396 e. The zero-order valence-corrected chi connectivity index (χ0v) is 9.73. The first-order chi connectivity index (χ1) is 7.65. The number of aliphatic hydroxyl groups excluding tert-OH is 1. The van der Waals surface area contributed by atoms with Crippen LogP contribution in [0.25, 0.3) is 0 Å². The number of aryl methyl sites for hydroxylation is 1. The van der Waals surface area contributed by atoms with E-state index in [-0.39, 0.29) is 18.4 Å². The van der Waals surface area contributed by atoms with Crippen molar-refractivity contribution in [2.24, 2.45) is 5.92 Å². The summed E-state index contributed by atoms with van der Waals surface area (Å²) < 4.78 is 0. The van der Waals surface area contributed by atoms with Gasteiger partial charge in [-0.1, -0.05) is 6.92 Å². The van der Waals surface area contributed by atoms with Crippen molar-refractivity contribution in [1.29, 1.82) is 0 Å². The van der Waals surface area contributed by atoms with E-state index >= 15 is 0 Å². The molecule has 1 unspecified atom stereocenters. The number of carbonyl (C=O) groups excluding carboxylic acids is 1. The lowest BCUT2D eigenvalue weighted by molar-refractivity contribution is 0.0944. The van der Waals surface area contributed by atoms with Crippen LogP contribution in [0, 0.1) is 12.8 Å². The number of nitrogens with one attached hydrogen (secondary N) is 1. The third-order valence-electron chi connectivity index (χ3n) is 2.48. The Labute approximate surface area is 95.7 Å². The van der Waals surface area contributed by atoms with Crippen LogP contribution in [0.1, 0.15) is 29.4 Å². The lowest BCUT2D eigenvalue weighted by Gasteiger charge is -2.11. The van der Waals surface area contributed by atoms with E-state index in [0.717, 1.165) is 5.69 Å². The molecule has 1 amide bonds. The van der Waals surface area contributed by atoms with Crippen molar-refractivity contribution in [3.8, 4) is 0 Å². The second-order valence-electron chi connectivity index (χ2n) is 3.96. The summed E-state index contributed by atoms with van der Waals surface area (Å²) >= 11 is 0. The minimum atomic E-state index is -0.101. The van der Waals surface area contributed by atoms with E-state index in [0.29, 0.717) is 18.5 Å². The summed E-state index contributed by atoms with van der Waals surface area (Å²) in [4.78, 5) is 15.8. The number of carbonyl (C=O) groups is 1. The van der Waals surface area contributed by atoms with Gasteiger partial charge in [0.05, 0.1) is 5.56 Å². The summed E-state index contributed by atoms with van der Waals surface area (Å²) in [5.41, 5.74) is 1.34. The van der Waals surface area contributed by atoms with Crippen molar-refractivity contribution in [3.05, 3.63) is 29.6 Å². The Kier molecular flexibility index (Phi) is 4.92. The normalized spacial score (nSPS) is 12.2. The van der Waals surface area contributed by atoms with Crippen molar-refractivity contribution in [2.75, 3.05) is 13.2 Å². The van der Waals surface area contributed by atoms with E-state index in [2.05, 4.69) is 10.3 Å². The maximum Gasteiger partial charge on any atom is 0.253 e. The minimum Gasteiger partial charge on any atom is -0.396 e. The monoisotopic (exact) mass is 222 g/mol. The first-order valence-electron chi connectivity index (χ1n) is 5.45. The molecular weight excluding hydrogens is 204 g/mol. The lowest BCUT2D eigenvalue weighted by atomic mass is 10.1. The molecule has 0 aliphatic carbocycles. The molecule has 16 heavy (non-hydrogen) atoms. The molecule has 0 spiro atoms. The lowest BCUT2D eigenvalue weighted by Crippen LogP contribution is -2.29. The average Bonchev–Trinajstić information content (AvgIpc) is 2.27. The predicted molar refractivity (Wildman–Crippen MR) is 62.2 cm³/mol. The number of hydrogen-bond donors (Lipinski definition) is 2. The summed E-state index contributed by atoms with van der Waals surface area (Å²) in [5, 5.41) is 11.6. The van der Waals surface area contributed by atoms with Crippen LogP contribution in [0.2, 0.25) is 0 Å². The SMILES string of the molecule is Cc1ncccc1C(=O)NCC(C)CCO. The summed E-state index contributed by atoms with van der Waals surface area (Å²) in [6.45, 7) is 4.54. The Hall–Kier alpha value is -1.42. The van der Waals surface area contributed by atoms with E-state index in [1.54, 1.807) is 18.3 Å². The van der Waals surface area contributed by atoms with Crippen molar-refractivity contribution in [3.63, 3.8) is 0 Å². The summed E-state index contributed by atoms with van der Waals surface area (Å²) in [6, 6.07) is 3.51. The molecule has 0 saturated carbocycles. The van der Waals surface area contributed by atoms with Crippen molar-refractivity contribution >= 4 is 5.91 Å². The van der Waals surface area contributed by atoms with Crippen LogP contribution in [0.3, 0.4) is 0 Å². The summed E-state index contributed by atoms with van der Waals surface area (Å²) in [5.74, 6) is 0.182. The molecule has 0 aliphatic heterocycles. The highest BCUT2D eigenvalue weighted by atomic mass is 16.3. The maximum atomic E-state index is 11.8. The fourth-order valence-corrected chi connectivity index (χ4v) is 1.41. The number of aliphatic hydroxyl groups is 1. The molecular formula is C12H18N2O2. The van der Waals surface area contributed by atoms with Crippen LogP contribution in [-0.4, -0.2) is 29.1 Å². The Morgan fingerprint density at radius 3 is 3.00 bits per heavy atom. The molecule has 0 aliphatic rings. The molecule has 1 aromatic heterocycles. The van der Waals surface area contributed by atoms with E-state index in [1.807, 2.05) is 13.8 Å². The highest BCUT2D eigenvalue weighted by Crippen LogP contribution is 2.04. The highest BCUT2D eigenvalue weighted by molar-refractivity contribution is 5.95. The number of aromatic nitrogens is 1. The van der Waals surface area contributed by atoms with E-state index < -0.39 is 0 Å². The molecule has 1 atom stereocenters. The van der Waals surface area contributed by atoms with Crippen molar-refractivity contribution in [2.45, 2.75) is 20.3 Å². The quantitative estimate of drug-likeness (QED) is 0.785. The van der Waals surface area contributed by atoms with E-state index in [4.69, 9.17) is 5.11 Å². The summed E-state index contributed by atoms with van der Waals surface area (Å²) in [6.07, 6.45) is 2.37. The van der Waals surface area contributed by atoms with Gasteiger partial charge in [-0.25, -0.2) is 0 Å². The molecule has 0 saturated heterocycles. The molecule has 1 rings (SSSR count). The molecule has 0 radical (unpaired) electrons. The molecule has 4 nitrogen and oxygen atoms in total. The van der Waals surface area contributed by atoms with Gasteiger partial charge in [0.25, 0.3) is 5.91 Å². The van der Waals surface area contributed by atoms with Crippen LogP contribution in [0.15, 0.2) is 18.3 Å². The Bertz CT molecular complexity index is 353. The molecule has 0 bridgehead atoms. The van der Waals surface area contributed by atoms with Crippen molar-refractivity contribution in [1.82, 2.24) is 10.3 Å². The molecule has 2 N–H and O–H groups in total. The molecule has 4 heteroatoms. The van der Waals surface area contributed by atoms with Crippen molar-refractivity contribution < 1.29 is 9.90 Å². The van der Waals surface area contributed by atoms with Gasteiger partial charge in [-0.3, -0.25) is 9.78 Å². The number of nitrogens with zero attached hydrogens (tertiary/aromatic N) is 1. The van der Waals surface area contributed by atoms with Gasteiger partial charge in [-0.15, -0.1) is 0 Å². The Morgan fingerprint density at radius 2 is 2.38 bits per heavy atom. The van der Waals surface area contributed by atoms with Gasteiger partial charge in [-0.05, 0) is 31.4 Å². The smallest absolute Gasteiger partial charge is 0.253 e. The van der Waals surface area contributed by atoms with Gasteiger partial charge in [0.2, 0.25) is 0 Å². The predicted octanol–water partition coefficient (Wildman–Crippen LogP) is 1.14. The Balaban J connectivity index is 2.50. The topological polar surface area (TPSA) is 62.2 Å². The third kappa shape index (κ3) is 3.62. The van der Waals surface area contributed by atoms with E-state index in [9.17, 15) is 4.79 Å². The molecule has 1 heterocycles. The molecule has 0 aromatic carbocycles. The summed E-state index contributed by atoms with van der Waals surface area (Å²) in [7, 11) is 0. The number of hydrogen-bond acceptors (Lipinski definition) is 3. The van der Waals surface area contributed by atoms with Gasteiger partial charge in [0.1, 0.15) is 0 Å². The van der Waals surface area contributed by atoms with Crippen LogP contribution < -0.4 is 5.32 Å². The Morgan fingerprint density at radius 1 is 1.62 bits per heavy atom. The fourth-order valence-electron chi connectivity index (χ4n) is 1.41. The van der Waals surface area contributed by atoms with E-state index in [1.165, 1.54) is 0 Å². The number of pyridine rings is 1. The van der Waals surface area contributed by atoms with Crippen LogP contribution in [0.5, 0.6) is 0 Å². The number of rotatable bonds is 5. The van der Waals surface area contributed by atoms with Gasteiger partial charge in [0.15, 0.2) is 0 Å².